The molecule has 47 heavy (non-hydrogen) atoms. The number of aliphatic hydroxyl groups is 1. The van der Waals surface area contributed by atoms with E-state index in [1.54, 1.807) is 29.0 Å². The molecule has 2 aliphatic heterocycles. The number of hydrogen-bond acceptors (Lipinski definition) is 7. The molecule has 1 N–H and O–H groups in total. The average molecular weight is 655 g/mol. The van der Waals surface area contributed by atoms with Crippen LogP contribution in [0.4, 0.5) is 4.39 Å². The molecule has 0 radical (unpaired) electrons. The van der Waals surface area contributed by atoms with Gasteiger partial charge in [0.1, 0.15) is 12.0 Å². The molecule has 242 valence electrons. The van der Waals surface area contributed by atoms with Gasteiger partial charge in [0.15, 0.2) is 0 Å². The van der Waals surface area contributed by atoms with E-state index in [9.17, 15) is 23.9 Å². The minimum atomic E-state index is -1.14. The van der Waals surface area contributed by atoms with Crippen LogP contribution in [0.1, 0.15) is 40.4 Å². The standard InChI is InChI=1S/C35H35FN6O4S/c1-39-15-10-26-31(39)38-22-42(33(26)44)21-35(46)12-17-40(18-13-35)32(43)25-11-16-41(20-27(25)23-5-3-2-4-6-23)34(45)29-8-7-28(47-29)24-9-14-37-30(36)19-24/h2-10,14-15,19,22,25,27,46H,11-13,16-18,20-21H2,1H3/t25-,27+/m1/s1. The Labute approximate surface area is 274 Å². The molecule has 2 atom stereocenters. The van der Waals surface area contributed by atoms with E-state index in [0.29, 0.717) is 66.9 Å². The molecule has 5 aromatic rings. The quantitative estimate of drug-likeness (QED) is 0.274. The van der Waals surface area contributed by atoms with Crippen molar-refractivity contribution >= 4 is 34.2 Å². The number of likely N-dealkylation sites (tertiary alicyclic amines) is 2. The molecule has 0 aliphatic carbocycles. The zero-order valence-electron chi connectivity index (χ0n) is 26.0. The summed E-state index contributed by atoms with van der Waals surface area (Å²) in [5.41, 5.74) is 0.934. The van der Waals surface area contributed by atoms with E-state index < -0.39 is 11.5 Å². The van der Waals surface area contributed by atoms with Crippen LogP contribution in [0.5, 0.6) is 0 Å². The van der Waals surface area contributed by atoms with Gasteiger partial charge >= 0.3 is 0 Å². The normalized spacial score (nSPS) is 19.6. The van der Waals surface area contributed by atoms with Crippen LogP contribution < -0.4 is 5.56 Å². The highest BCUT2D eigenvalue weighted by molar-refractivity contribution is 7.17. The molecule has 0 bridgehead atoms. The van der Waals surface area contributed by atoms with Crippen LogP contribution in [0.25, 0.3) is 21.5 Å². The maximum atomic E-state index is 14.1. The molecular weight excluding hydrogens is 619 g/mol. The van der Waals surface area contributed by atoms with E-state index in [4.69, 9.17) is 0 Å². The van der Waals surface area contributed by atoms with Gasteiger partial charge in [-0.3, -0.25) is 19.0 Å². The van der Waals surface area contributed by atoms with Crippen molar-refractivity contribution in [2.24, 2.45) is 13.0 Å². The number of amides is 2. The lowest BCUT2D eigenvalue weighted by Gasteiger charge is -2.43. The van der Waals surface area contributed by atoms with E-state index in [1.807, 2.05) is 53.2 Å². The third kappa shape index (κ3) is 6.10. The van der Waals surface area contributed by atoms with Gasteiger partial charge in [-0.2, -0.15) is 4.39 Å². The first-order valence-electron chi connectivity index (χ1n) is 15.8. The fourth-order valence-electron chi connectivity index (χ4n) is 6.94. The first-order valence-corrected chi connectivity index (χ1v) is 16.6. The number of piperidine rings is 2. The van der Waals surface area contributed by atoms with Crippen molar-refractivity contribution in [2.45, 2.75) is 37.3 Å². The summed E-state index contributed by atoms with van der Waals surface area (Å²) in [7, 11) is 1.83. The van der Waals surface area contributed by atoms with E-state index in [1.165, 1.54) is 34.5 Å². The third-order valence-electron chi connectivity index (χ3n) is 9.59. The highest BCUT2D eigenvalue weighted by atomic mass is 32.1. The Hall–Kier alpha value is -4.68. The predicted molar refractivity (Wildman–Crippen MR) is 176 cm³/mol. The lowest BCUT2D eigenvalue weighted by Crippen LogP contribution is -2.53. The Bertz CT molecular complexity index is 2000. The summed E-state index contributed by atoms with van der Waals surface area (Å²) in [6.07, 6.45) is 5.87. The van der Waals surface area contributed by atoms with Gasteiger partial charge in [0, 0.05) is 68.4 Å². The Morgan fingerprint density at radius 1 is 1.02 bits per heavy atom. The summed E-state index contributed by atoms with van der Waals surface area (Å²) in [5, 5.41) is 12.0. The van der Waals surface area contributed by atoms with Crippen LogP contribution in [0.15, 0.2) is 84.2 Å². The van der Waals surface area contributed by atoms with Crippen molar-refractivity contribution in [3.05, 3.63) is 106 Å². The smallest absolute Gasteiger partial charge is 0.263 e. The van der Waals surface area contributed by atoms with Crippen molar-refractivity contribution in [1.82, 2.24) is 28.9 Å². The number of halogens is 1. The summed E-state index contributed by atoms with van der Waals surface area (Å²) >= 11 is 1.32. The van der Waals surface area contributed by atoms with Crippen LogP contribution in [-0.4, -0.2) is 77.6 Å². The Balaban J connectivity index is 1.04. The van der Waals surface area contributed by atoms with Gasteiger partial charge in [0.05, 0.1) is 22.4 Å². The first kappa shape index (κ1) is 30.9. The minimum absolute atomic E-state index is 0.0238. The molecule has 0 saturated carbocycles. The molecule has 7 rings (SSSR count). The number of pyridine rings is 1. The Kier molecular flexibility index (Phi) is 8.23. The average Bonchev–Trinajstić information content (AvgIpc) is 3.74. The molecule has 2 saturated heterocycles. The number of hydrogen-bond donors (Lipinski definition) is 1. The van der Waals surface area contributed by atoms with Gasteiger partial charge in [0.2, 0.25) is 11.9 Å². The molecular formula is C35H35FN6O4S. The number of carbonyl (C=O) groups is 2. The predicted octanol–water partition coefficient (Wildman–Crippen LogP) is 4.30. The lowest BCUT2D eigenvalue weighted by molar-refractivity contribution is -0.142. The van der Waals surface area contributed by atoms with Crippen LogP contribution in [0.3, 0.4) is 0 Å². The number of nitrogens with zero attached hydrogens (tertiary/aromatic N) is 6. The Morgan fingerprint density at radius 2 is 1.81 bits per heavy atom. The molecule has 2 aliphatic rings. The number of carbonyl (C=O) groups excluding carboxylic acids is 2. The van der Waals surface area contributed by atoms with Crippen molar-refractivity contribution in [2.75, 3.05) is 26.2 Å². The molecule has 0 spiro atoms. The maximum Gasteiger partial charge on any atom is 0.263 e. The van der Waals surface area contributed by atoms with Gasteiger partial charge < -0.3 is 19.5 Å². The van der Waals surface area contributed by atoms with Gasteiger partial charge in [-0.1, -0.05) is 30.3 Å². The third-order valence-corrected chi connectivity index (χ3v) is 10.7. The molecule has 10 nitrogen and oxygen atoms in total. The van der Waals surface area contributed by atoms with Crippen molar-refractivity contribution in [1.29, 1.82) is 0 Å². The molecule has 12 heteroatoms. The molecule has 4 aromatic heterocycles. The van der Waals surface area contributed by atoms with Crippen LogP contribution in [0.2, 0.25) is 0 Å². The zero-order chi connectivity index (χ0) is 32.7. The zero-order valence-corrected chi connectivity index (χ0v) is 26.8. The van der Waals surface area contributed by atoms with Gasteiger partial charge in [0.25, 0.3) is 11.5 Å². The highest BCUT2D eigenvalue weighted by Gasteiger charge is 2.42. The highest BCUT2D eigenvalue weighted by Crippen LogP contribution is 2.37. The summed E-state index contributed by atoms with van der Waals surface area (Å²) in [4.78, 5) is 53.8. The summed E-state index contributed by atoms with van der Waals surface area (Å²) in [6.45, 7) is 1.69. The number of fused-ring (bicyclic) bond motifs is 1. The fourth-order valence-corrected chi connectivity index (χ4v) is 7.91. The van der Waals surface area contributed by atoms with Gasteiger partial charge in [-0.25, -0.2) is 9.97 Å². The van der Waals surface area contributed by atoms with Gasteiger partial charge in [-0.05, 0) is 54.7 Å². The van der Waals surface area contributed by atoms with E-state index in [-0.39, 0.29) is 35.8 Å². The Morgan fingerprint density at radius 3 is 2.57 bits per heavy atom. The molecule has 0 unspecified atom stereocenters. The lowest BCUT2D eigenvalue weighted by atomic mass is 9.79. The van der Waals surface area contributed by atoms with E-state index in [2.05, 4.69) is 9.97 Å². The summed E-state index contributed by atoms with van der Waals surface area (Å²) in [6, 6.07) is 18.2. The molecule has 1 aromatic carbocycles. The van der Waals surface area contributed by atoms with Crippen LogP contribution >= 0.6 is 11.3 Å². The molecule has 6 heterocycles. The molecule has 2 amide bonds. The first-order chi connectivity index (χ1) is 22.7. The van der Waals surface area contributed by atoms with Crippen LogP contribution in [0, 0.1) is 11.9 Å². The second-order valence-electron chi connectivity index (χ2n) is 12.6. The topological polar surface area (TPSA) is 114 Å². The second-order valence-corrected chi connectivity index (χ2v) is 13.7. The largest absolute Gasteiger partial charge is 0.388 e. The second kappa shape index (κ2) is 12.5. The number of benzene rings is 1. The van der Waals surface area contributed by atoms with Gasteiger partial charge in [-0.15, -0.1) is 11.3 Å². The van der Waals surface area contributed by atoms with Crippen molar-refractivity contribution in [3.8, 4) is 10.4 Å². The van der Waals surface area contributed by atoms with E-state index >= 15 is 0 Å². The summed E-state index contributed by atoms with van der Waals surface area (Å²) < 4.78 is 16.9. The SMILES string of the molecule is Cn1ccc2c(=O)n(CC3(O)CCN(C(=O)[C@@H]4CCN(C(=O)c5ccc(-c6ccnc(F)c6)s5)C[C@H]4c4ccccc4)CC3)cnc21. The van der Waals surface area contributed by atoms with Crippen molar-refractivity contribution < 1.29 is 19.1 Å². The molecule has 2 fully saturated rings. The van der Waals surface area contributed by atoms with E-state index in [0.717, 1.165) is 10.4 Å². The van der Waals surface area contributed by atoms with Crippen molar-refractivity contribution in [3.63, 3.8) is 0 Å². The fraction of sp³-hybridized carbons (Fsp3) is 0.343. The van der Waals surface area contributed by atoms with Crippen LogP contribution in [-0.2, 0) is 18.4 Å². The number of thiophene rings is 1. The minimum Gasteiger partial charge on any atom is -0.388 e. The number of aryl methyl sites for hydroxylation is 1. The number of rotatable bonds is 6. The summed E-state index contributed by atoms with van der Waals surface area (Å²) in [5.74, 6) is -1.17. The number of aromatic nitrogens is 4. The maximum absolute atomic E-state index is 14.1. The monoisotopic (exact) mass is 654 g/mol.